The third-order valence-electron chi connectivity index (χ3n) is 2.48. The zero-order chi connectivity index (χ0) is 11.4. The van der Waals surface area contributed by atoms with Crippen LogP contribution in [0, 0.1) is 6.92 Å². The highest BCUT2D eigenvalue weighted by Crippen LogP contribution is 2.21. The van der Waals surface area contributed by atoms with Crippen LogP contribution >= 0.6 is 15.9 Å². The van der Waals surface area contributed by atoms with Crippen LogP contribution in [0.15, 0.2) is 4.47 Å². The van der Waals surface area contributed by atoms with Gasteiger partial charge in [-0.3, -0.25) is 4.68 Å². The predicted octanol–water partition coefficient (Wildman–Crippen LogP) is 1.27. The number of hydrogen-bond acceptors (Lipinski definition) is 3. The summed E-state index contributed by atoms with van der Waals surface area (Å²) in [6.07, 6.45) is 0.905. The van der Waals surface area contributed by atoms with Crippen LogP contribution in [0.3, 0.4) is 0 Å². The van der Waals surface area contributed by atoms with E-state index >= 15 is 0 Å². The third kappa shape index (κ3) is 3.03. The summed E-state index contributed by atoms with van der Waals surface area (Å²) in [7, 11) is 5.63. The summed E-state index contributed by atoms with van der Waals surface area (Å²) in [6, 6.07) is 0.320. The number of aromatic nitrogens is 2. The summed E-state index contributed by atoms with van der Waals surface area (Å²) in [4.78, 5) is 0. The molecule has 0 aliphatic carbocycles. The minimum atomic E-state index is 0.320. The van der Waals surface area contributed by atoms with Crippen LogP contribution in [0.1, 0.15) is 11.4 Å². The van der Waals surface area contributed by atoms with Gasteiger partial charge in [-0.15, -0.1) is 0 Å². The van der Waals surface area contributed by atoms with Crippen molar-refractivity contribution in [2.75, 3.05) is 20.8 Å². The Balaban J connectivity index is 2.78. The van der Waals surface area contributed by atoms with Gasteiger partial charge in [0.2, 0.25) is 0 Å². The van der Waals surface area contributed by atoms with E-state index in [0.29, 0.717) is 12.6 Å². The van der Waals surface area contributed by atoms with Crippen molar-refractivity contribution in [3.8, 4) is 0 Å². The second-order valence-corrected chi connectivity index (χ2v) is 4.41. The van der Waals surface area contributed by atoms with Crippen molar-refractivity contribution in [2.45, 2.75) is 19.4 Å². The summed E-state index contributed by atoms with van der Waals surface area (Å²) < 4.78 is 8.16. The highest BCUT2D eigenvalue weighted by Gasteiger charge is 2.15. The first-order valence-electron chi connectivity index (χ1n) is 4.94. The first-order chi connectivity index (χ1) is 7.10. The molecule has 1 atom stereocenters. The SMILES string of the molecule is CNC(COC)Cc1c(Br)c(C)nn1C. The molecule has 15 heavy (non-hydrogen) atoms. The van der Waals surface area contributed by atoms with Crippen LogP contribution in [0.4, 0.5) is 0 Å². The summed E-state index contributed by atoms with van der Waals surface area (Å²) in [5, 5.41) is 7.59. The normalized spacial score (nSPS) is 13.1. The van der Waals surface area contributed by atoms with E-state index in [9.17, 15) is 0 Å². The number of methoxy groups -OCH3 is 1. The maximum Gasteiger partial charge on any atom is 0.0738 e. The highest BCUT2D eigenvalue weighted by molar-refractivity contribution is 9.10. The Hall–Kier alpha value is -0.390. The summed E-state index contributed by atoms with van der Waals surface area (Å²) in [6.45, 7) is 2.70. The maximum atomic E-state index is 5.15. The van der Waals surface area contributed by atoms with Gasteiger partial charge >= 0.3 is 0 Å². The predicted molar refractivity (Wildman–Crippen MR) is 64.1 cm³/mol. The smallest absolute Gasteiger partial charge is 0.0738 e. The second kappa shape index (κ2) is 5.63. The van der Waals surface area contributed by atoms with Gasteiger partial charge in [-0.25, -0.2) is 0 Å². The third-order valence-corrected chi connectivity index (χ3v) is 3.51. The van der Waals surface area contributed by atoms with Crippen LogP contribution in [-0.4, -0.2) is 36.6 Å². The largest absolute Gasteiger partial charge is 0.383 e. The molecule has 86 valence electrons. The number of likely N-dealkylation sites (N-methyl/N-ethyl adjacent to an activating group) is 1. The fraction of sp³-hybridized carbons (Fsp3) is 0.700. The lowest BCUT2D eigenvalue weighted by Gasteiger charge is -2.15. The Morgan fingerprint density at radius 2 is 2.27 bits per heavy atom. The topological polar surface area (TPSA) is 39.1 Å². The van der Waals surface area contributed by atoms with Crippen molar-refractivity contribution in [3.63, 3.8) is 0 Å². The van der Waals surface area contributed by atoms with Gasteiger partial charge in [0.05, 0.1) is 22.5 Å². The highest BCUT2D eigenvalue weighted by atomic mass is 79.9. The van der Waals surface area contributed by atoms with Crippen LogP contribution in [0.25, 0.3) is 0 Å². The monoisotopic (exact) mass is 275 g/mol. The van der Waals surface area contributed by atoms with Crippen LogP contribution in [0.5, 0.6) is 0 Å². The number of nitrogens with one attached hydrogen (secondary N) is 1. The van der Waals surface area contributed by atoms with E-state index in [0.717, 1.165) is 16.6 Å². The van der Waals surface area contributed by atoms with E-state index in [2.05, 4.69) is 26.3 Å². The number of nitrogens with zero attached hydrogens (tertiary/aromatic N) is 2. The van der Waals surface area contributed by atoms with Gasteiger partial charge in [-0.1, -0.05) is 0 Å². The summed E-state index contributed by atoms with van der Waals surface area (Å²) in [5.41, 5.74) is 2.23. The molecule has 0 bridgehead atoms. The molecular weight excluding hydrogens is 258 g/mol. The minimum absolute atomic E-state index is 0.320. The average Bonchev–Trinajstić information content (AvgIpc) is 2.44. The standard InChI is InChI=1S/C10H18BrN3O/c1-7-10(11)9(14(3)13-7)5-8(12-2)6-15-4/h8,12H,5-6H2,1-4H3. The first kappa shape index (κ1) is 12.7. The number of rotatable bonds is 5. The molecule has 1 unspecified atom stereocenters. The van der Waals surface area contributed by atoms with Gasteiger partial charge in [0, 0.05) is 26.6 Å². The summed E-state index contributed by atoms with van der Waals surface area (Å²) >= 11 is 3.56. The number of aryl methyl sites for hydroxylation is 2. The van der Waals surface area contributed by atoms with Gasteiger partial charge in [0.25, 0.3) is 0 Å². The van der Waals surface area contributed by atoms with E-state index in [1.54, 1.807) is 7.11 Å². The minimum Gasteiger partial charge on any atom is -0.383 e. The molecule has 4 nitrogen and oxygen atoms in total. The number of hydrogen-bond donors (Lipinski definition) is 1. The Labute approximate surface area is 99.1 Å². The molecule has 0 aliphatic rings. The van der Waals surface area contributed by atoms with E-state index in [1.165, 1.54) is 5.69 Å². The molecule has 0 spiro atoms. The molecule has 1 aromatic rings. The second-order valence-electron chi connectivity index (χ2n) is 3.61. The van der Waals surface area contributed by atoms with Crippen LogP contribution in [-0.2, 0) is 18.2 Å². The molecule has 0 saturated carbocycles. The van der Waals surface area contributed by atoms with Crippen molar-refractivity contribution in [1.29, 1.82) is 0 Å². The first-order valence-corrected chi connectivity index (χ1v) is 5.73. The lowest BCUT2D eigenvalue weighted by molar-refractivity contribution is 0.168. The van der Waals surface area contributed by atoms with Crippen molar-refractivity contribution in [3.05, 3.63) is 15.9 Å². The van der Waals surface area contributed by atoms with Crippen molar-refractivity contribution < 1.29 is 4.74 Å². The lowest BCUT2D eigenvalue weighted by Crippen LogP contribution is -2.32. The quantitative estimate of drug-likeness (QED) is 0.880. The Morgan fingerprint density at radius 3 is 2.67 bits per heavy atom. The Morgan fingerprint density at radius 1 is 1.60 bits per heavy atom. The molecule has 0 saturated heterocycles. The number of halogens is 1. The zero-order valence-electron chi connectivity index (χ0n) is 9.67. The van der Waals surface area contributed by atoms with Crippen molar-refractivity contribution >= 4 is 15.9 Å². The van der Waals surface area contributed by atoms with Gasteiger partial charge < -0.3 is 10.1 Å². The van der Waals surface area contributed by atoms with Gasteiger partial charge in [-0.2, -0.15) is 5.10 Å². The molecule has 1 aromatic heterocycles. The molecule has 1 rings (SSSR count). The Bertz CT molecular complexity index is 325. The molecule has 0 aromatic carbocycles. The van der Waals surface area contributed by atoms with E-state index in [1.807, 2.05) is 25.7 Å². The fourth-order valence-corrected chi connectivity index (χ4v) is 2.08. The molecule has 0 fully saturated rings. The van der Waals surface area contributed by atoms with E-state index in [4.69, 9.17) is 4.74 Å². The Kier molecular flexibility index (Phi) is 4.76. The van der Waals surface area contributed by atoms with Crippen LogP contribution < -0.4 is 5.32 Å². The van der Waals surface area contributed by atoms with Gasteiger partial charge in [-0.05, 0) is 29.9 Å². The number of ether oxygens (including phenoxy) is 1. The average molecular weight is 276 g/mol. The molecule has 1 N–H and O–H groups in total. The van der Waals surface area contributed by atoms with Crippen molar-refractivity contribution in [1.82, 2.24) is 15.1 Å². The molecule has 0 radical (unpaired) electrons. The molecule has 1 heterocycles. The molecular formula is C10H18BrN3O. The summed E-state index contributed by atoms with van der Waals surface area (Å²) in [5.74, 6) is 0. The fourth-order valence-electron chi connectivity index (χ4n) is 1.58. The lowest BCUT2D eigenvalue weighted by atomic mass is 10.1. The molecule has 0 aliphatic heterocycles. The van der Waals surface area contributed by atoms with E-state index < -0.39 is 0 Å². The maximum absolute atomic E-state index is 5.15. The molecule has 0 amide bonds. The van der Waals surface area contributed by atoms with Crippen molar-refractivity contribution in [2.24, 2.45) is 7.05 Å². The zero-order valence-corrected chi connectivity index (χ0v) is 11.3. The van der Waals surface area contributed by atoms with Crippen LogP contribution in [0.2, 0.25) is 0 Å². The van der Waals surface area contributed by atoms with Gasteiger partial charge in [0.15, 0.2) is 0 Å². The molecule has 5 heteroatoms. The van der Waals surface area contributed by atoms with Gasteiger partial charge in [0.1, 0.15) is 0 Å². The van der Waals surface area contributed by atoms with E-state index in [-0.39, 0.29) is 0 Å².